The van der Waals surface area contributed by atoms with Crippen LogP contribution < -0.4 is 0 Å². The number of carbonyl (C=O) groups excluding carboxylic acids is 1. The summed E-state index contributed by atoms with van der Waals surface area (Å²) in [6, 6.07) is 4.09. The van der Waals surface area contributed by atoms with E-state index < -0.39 is 0 Å². The van der Waals surface area contributed by atoms with E-state index in [0.29, 0.717) is 0 Å². The lowest BCUT2D eigenvalue weighted by Crippen LogP contribution is -2.35. The van der Waals surface area contributed by atoms with Crippen LogP contribution in [0.25, 0.3) is 0 Å². The minimum absolute atomic E-state index is 0.144. The summed E-state index contributed by atoms with van der Waals surface area (Å²) >= 11 is 1.65. The summed E-state index contributed by atoms with van der Waals surface area (Å²) in [7, 11) is 0. The normalized spacial score (nSPS) is 17.2. The molecule has 0 aromatic carbocycles. The molecule has 0 aliphatic carbocycles. The summed E-state index contributed by atoms with van der Waals surface area (Å²) in [5, 5.41) is 0. The number of amides is 1. The van der Waals surface area contributed by atoms with E-state index in [-0.39, 0.29) is 11.3 Å². The van der Waals surface area contributed by atoms with Crippen LogP contribution in [-0.4, -0.2) is 23.9 Å². The molecular formula is C14H21NOS. The molecule has 0 N–H and O–H groups in total. The van der Waals surface area contributed by atoms with Gasteiger partial charge in [0.15, 0.2) is 0 Å². The summed E-state index contributed by atoms with van der Waals surface area (Å²) in [6.07, 6.45) is 3.58. The van der Waals surface area contributed by atoms with Crippen molar-refractivity contribution < 1.29 is 4.79 Å². The summed E-state index contributed by atoms with van der Waals surface area (Å²) < 4.78 is 0. The number of hydrogen-bond donors (Lipinski definition) is 0. The average Bonchev–Trinajstić information content (AvgIpc) is 2.78. The van der Waals surface area contributed by atoms with E-state index in [1.54, 1.807) is 11.3 Å². The van der Waals surface area contributed by atoms with Crippen molar-refractivity contribution in [3.05, 3.63) is 21.9 Å². The van der Waals surface area contributed by atoms with Crippen LogP contribution in [0.15, 0.2) is 12.1 Å². The molecule has 17 heavy (non-hydrogen) atoms. The molecule has 1 aliphatic heterocycles. The third-order valence-electron chi connectivity index (χ3n) is 3.20. The van der Waals surface area contributed by atoms with Gasteiger partial charge in [0, 0.05) is 18.0 Å². The molecule has 1 aliphatic rings. The first-order valence-corrected chi connectivity index (χ1v) is 7.20. The molecule has 1 aromatic rings. The Bertz CT molecular complexity index is 397. The molecular weight excluding hydrogens is 230 g/mol. The molecule has 2 rings (SSSR count). The van der Waals surface area contributed by atoms with E-state index in [0.717, 1.165) is 30.8 Å². The van der Waals surface area contributed by atoms with Gasteiger partial charge in [-0.05, 0) is 36.8 Å². The number of likely N-dealkylation sites (tertiary alicyclic amines) is 1. The highest BCUT2D eigenvalue weighted by Crippen LogP contribution is 2.30. The van der Waals surface area contributed by atoms with E-state index in [1.165, 1.54) is 11.3 Å². The van der Waals surface area contributed by atoms with Crippen molar-refractivity contribution in [3.63, 3.8) is 0 Å². The van der Waals surface area contributed by atoms with E-state index in [2.05, 4.69) is 26.8 Å². The van der Waals surface area contributed by atoms with Gasteiger partial charge in [0.25, 0.3) is 5.91 Å². The van der Waals surface area contributed by atoms with Crippen LogP contribution in [0.2, 0.25) is 0 Å². The Morgan fingerprint density at radius 3 is 2.35 bits per heavy atom. The second-order valence-electron chi connectivity index (χ2n) is 5.77. The first-order chi connectivity index (χ1) is 7.98. The topological polar surface area (TPSA) is 20.3 Å². The Balaban J connectivity index is 2.11. The fourth-order valence-electron chi connectivity index (χ4n) is 2.11. The maximum atomic E-state index is 12.3. The van der Waals surface area contributed by atoms with Crippen LogP contribution in [0.5, 0.6) is 0 Å². The van der Waals surface area contributed by atoms with Crippen molar-refractivity contribution >= 4 is 17.2 Å². The van der Waals surface area contributed by atoms with Gasteiger partial charge in [-0.1, -0.05) is 20.8 Å². The number of nitrogens with zero attached hydrogens (tertiary/aromatic N) is 1. The molecule has 2 heterocycles. The van der Waals surface area contributed by atoms with E-state index >= 15 is 0 Å². The van der Waals surface area contributed by atoms with Crippen molar-refractivity contribution in [1.29, 1.82) is 0 Å². The Morgan fingerprint density at radius 2 is 1.82 bits per heavy atom. The van der Waals surface area contributed by atoms with Gasteiger partial charge in [-0.15, -0.1) is 11.3 Å². The van der Waals surface area contributed by atoms with E-state index in [1.807, 2.05) is 11.0 Å². The maximum Gasteiger partial charge on any atom is 0.263 e. The lowest BCUT2D eigenvalue weighted by molar-refractivity contribution is 0.0729. The summed E-state index contributed by atoms with van der Waals surface area (Å²) in [5.41, 5.74) is 0.144. The Hall–Kier alpha value is -0.830. The SMILES string of the molecule is CC(C)(C)c1ccc(C(=O)N2CCCCC2)s1. The molecule has 94 valence electrons. The van der Waals surface area contributed by atoms with Gasteiger partial charge in [0.05, 0.1) is 4.88 Å². The van der Waals surface area contributed by atoms with Crippen LogP contribution in [0.1, 0.15) is 54.6 Å². The van der Waals surface area contributed by atoms with Crippen LogP contribution in [0, 0.1) is 0 Å². The van der Waals surface area contributed by atoms with Gasteiger partial charge < -0.3 is 4.90 Å². The Labute approximate surface area is 108 Å². The van der Waals surface area contributed by atoms with E-state index in [4.69, 9.17) is 0 Å². The summed E-state index contributed by atoms with van der Waals surface area (Å²) in [6.45, 7) is 8.43. The molecule has 0 unspecified atom stereocenters. The molecule has 3 heteroatoms. The second-order valence-corrected chi connectivity index (χ2v) is 6.85. The molecule has 0 radical (unpaired) electrons. The van der Waals surface area contributed by atoms with Crippen LogP contribution >= 0.6 is 11.3 Å². The van der Waals surface area contributed by atoms with Crippen LogP contribution in [0.4, 0.5) is 0 Å². The fourth-order valence-corrected chi connectivity index (χ4v) is 3.14. The largest absolute Gasteiger partial charge is 0.338 e. The lowest BCUT2D eigenvalue weighted by atomic mass is 9.95. The molecule has 0 spiro atoms. The standard InChI is InChI=1S/C14H21NOS/c1-14(2,3)12-8-7-11(17-12)13(16)15-9-5-4-6-10-15/h7-8H,4-6,9-10H2,1-3H3. The Morgan fingerprint density at radius 1 is 1.18 bits per heavy atom. The monoisotopic (exact) mass is 251 g/mol. The van der Waals surface area contributed by atoms with Crippen molar-refractivity contribution in [3.8, 4) is 0 Å². The van der Waals surface area contributed by atoms with Gasteiger partial charge >= 0.3 is 0 Å². The van der Waals surface area contributed by atoms with Crippen LogP contribution in [-0.2, 0) is 5.41 Å². The number of piperidine rings is 1. The maximum absolute atomic E-state index is 12.3. The molecule has 1 amide bonds. The predicted octanol–water partition coefficient (Wildman–Crippen LogP) is 3.67. The molecule has 0 atom stereocenters. The van der Waals surface area contributed by atoms with Crippen molar-refractivity contribution in [2.45, 2.75) is 45.4 Å². The number of carbonyl (C=O) groups is 1. The number of thiophene rings is 1. The Kier molecular flexibility index (Phi) is 3.57. The highest BCUT2D eigenvalue weighted by Gasteiger charge is 2.22. The smallest absolute Gasteiger partial charge is 0.263 e. The predicted molar refractivity (Wildman–Crippen MR) is 72.8 cm³/mol. The van der Waals surface area contributed by atoms with Gasteiger partial charge in [0.1, 0.15) is 0 Å². The third kappa shape index (κ3) is 2.89. The van der Waals surface area contributed by atoms with Gasteiger partial charge in [-0.2, -0.15) is 0 Å². The lowest BCUT2D eigenvalue weighted by Gasteiger charge is -2.26. The zero-order chi connectivity index (χ0) is 12.5. The first-order valence-electron chi connectivity index (χ1n) is 6.38. The molecule has 0 bridgehead atoms. The summed E-state index contributed by atoms with van der Waals surface area (Å²) in [5.74, 6) is 0.227. The van der Waals surface area contributed by atoms with Gasteiger partial charge in [-0.3, -0.25) is 4.79 Å². The average molecular weight is 251 g/mol. The fraction of sp³-hybridized carbons (Fsp3) is 0.643. The number of hydrogen-bond acceptors (Lipinski definition) is 2. The van der Waals surface area contributed by atoms with Crippen LogP contribution in [0.3, 0.4) is 0 Å². The minimum Gasteiger partial charge on any atom is -0.338 e. The molecule has 1 fully saturated rings. The zero-order valence-corrected chi connectivity index (χ0v) is 11.8. The second kappa shape index (κ2) is 4.81. The number of rotatable bonds is 1. The molecule has 0 saturated carbocycles. The van der Waals surface area contributed by atoms with Crippen molar-refractivity contribution in [1.82, 2.24) is 4.90 Å². The summed E-state index contributed by atoms with van der Waals surface area (Å²) in [4.78, 5) is 16.5. The quantitative estimate of drug-likeness (QED) is 0.745. The molecule has 2 nitrogen and oxygen atoms in total. The molecule has 1 saturated heterocycles. The highest BCUT2D eigenvalue weighted by molar-refractivity contribution is 7.14. The van der Waals surface area contributed by atoms with Crippen molar-refractivity contribution in [2.75, 3.05) is 13.1 Å². The molecule has 1 aromatic heterocycles. The first kappa shape index (κ1) is 12.6. The van der Waals surface area contributed by atoms with Crippen molar-refractivity contribution in [2.24, 2.45) is 0 Å². The zero-order valence-electron chi connectivity index (χ0n) is 11.0. The van der Waals surface area contributed by atoms with Gasteiger partial charge in [0.2, 0.25) is 0 Å². The minimum atomic E-state index is 0.144. The highest BCUT2D eigenvalue weighted by atomic mass is 32.1. The third-order valence-corrected chi connectivity index (χ3v) is 4.70. The van der Waals surface area contributed by atoms with Gasteiger partial charge in [-0.25, -0.2) is 0 Å². The van der Waals surface area contributed by atoms with E-state index in [9.17, 15) is 4.79 Å².